The van der Waals surface area contributed by atoms with Crippen LogP contribution in [0.4, 0.5) is 0 Å². The quantitative estimate of drug-likeness (QED) is 0.781. The zero-order chi connectivity index (χ0) is 13.0. The fraction of sp³-hybridized carbons (Fsp3) is 0.929. The van der Waals surface area contributed by atoms with Gasteiger partial charge in [-0.1, -0.05) is 19.3 Å². The number of esters is 1. The molecule has 1 saturated heterocycles. The first-order chi connectivity index (χ1) is 8.65. The molecule has 2 aliphatic rings. The number of rotatable bonds is 4. The smallest absolute Gasteiger partial charge is 0.322 e. The van der Waals surface area contributed by atoms with Crippen LogP contribution >= 0.6 is 0 Å². The van der Waals surface area contributed by atoms with Crippen LogP contribution in [0.15, 0.2) is 0 Å². The maximum atomic E-state index is 11.3. The first kappa shape index (κ1) is 13.8. The highest BCUT2D eigenvalue weighted by Crippen LogP contribution is 2.41. The van der Waals surface area contributed by atoms with Gasteiger partial charge in [0.05, 0.1) is 18.8 Å². The van der Waals surface area contributed by atoms with Crippen molar-refractivity contribution in [3.63, 3.8) is 0 Å². The lowest BCUT2D eigenvalue weighted by Crippen LogP contribution is -2.40. The van der Waals surface area contributed by atoms with Gasteiger partial charge in [0, 0.05) is 6.54 Å². The van der Waals surface area contributed by atoms with E-state index in [0.29, 0.717) is 0 Å². The molecule has 0 aromatic heterocycles. The molecule has 104 valence electrons. The van der Waals surface area contributed by atoms with Crippen LogP contribution in [0.3, 0.4) is 0 Å². The summed E-state index contributed by atoms with van der Waals surface area (Å²) in [4.78, 5) is 11.3. The van der Waals surface area contributed by atoms with Gasteiger partial charge in [-0.25, -0.2) is 0 Å². The minimum Gasteiger partial charge on any atom is -0.468 e. The molecule has 1 spiro atoms. The lowest BCUT2D eigenvalue weighted by atomic mass is 9.83. The molecule has 0 radical (unpaired) electrons. The fourth-order valence-corrected chi connectivity index (χ4v) is 3.17. The summed E-state index contributed by atoms with van der Waals surface area (Å²) < 4.78 is 10.9. The van der Waals surface area contributed by atoms with E-state index in [1.165, 1.54) is 45.6 Å². The molecule has 1 aliphatic carbocycles. The summed E-state index contributed by atoms with van der Waals surface area (Å²) in [5.41, 5.74) is 0.166. The van der Waals surface area contributed by atoms with Gasteiger partial charge >= 0.3 is 5.97 Å². The van der Waals surface area contributed by atoms with E-state index < -0.39 is 0 Å². The third-order valence-corrected chi connectivity index (χ3v) is 4.31. The largest absolute Gasteiger partial charge is 0.468 e. The molecular weight excluding hydrogens is 230 g/mol. The maximum absolute atomic E-state index is 11.3. The van der Waals surface area contributed by atoms with Gasteiger partial charge in [0.25, 0.3) is 0 Å². The van der Waals surface area contributed by atoms with Crippen LogP contribution in [0, 0.1) is 0 Å². The van der Waals surface area contributed by atoms with Crippen LogP contribution < -0.4 is 5.32 Å². The lowest BCUT2D eigenvalue weighted by Gasteiger charge is -2.33. The molecule has 2 fully saturated rings. The van der Waals surface area contributed by atoms with Gasteiger partial charge in [-0.2, -0.15) is 0 Å². The zero-order valence-electron chi connectivity index (χ0n) is 11.5. The van der Waals surface area contributed by atoms with Crippen LogP contribution in [0.2, 0.25) is 0 Å². The number of hydrogen-bond acceptors (Lipinski definition) is 4. The lowest BCUT2D eigenvalue weighted by molar-refractivity contribution is -0.142. The summed E-state index contributed by atoms with van der Waals surface area (Å²) in [5.74, 6) is -0.208. The Morgan fingerprint density at radius 1 is 1.39 bits per heavy atom. The standard InChI is InChI=1S/C14H25NO3/c1-11(13(16)17-2)15-10-12-6-9-14(18-12)7-4-3-5-8-14/h11-12,15H,3-10H2,1-2H3. The molecule has 0 amide bonds. The Morgan fingerprint density at radius 3 is 2.78 bits per heavy atom. The summed E-state index contributed by atoms with van der Waals surface area (Å²) in [5, 5.41) is 3.20. The third kappa shape index (κ3) is 3.23. The Morgan fingerprint density at radius 2 is 2.11 bits per heavy atom. The van der Waals surface area contributed by atoms with Crippen LogP contribution in [0.25, 0.3) is 0 Å². The summed E-state index contributed by atoms with van der Waals surface area (Å²) in [6, 6.07) is -0.249. The monoisotopic (exact) mass is 255 g/mol. The second kappa shape index (κ2) is 6.02. The van der Waals surface area contributed by atoms with E-state index >= 15 is 0 Å². The Balaban J connectivity index is 1.74. The van der Waals surface area contributed by atoms with E-state index in [4.69, 9.17) is 9.47 Å². The summed E-state index contributed by atoms with van der Waals surface area (Å²) in [6.07, 6.45) is 8.96. The fourth-order valence-electron chi connectivity index (χ4n) is 3.17. The molecule has 0 bridgehead atoms. The molecule has 2 atom stereocenters. The second-order valence-electron chi connectivity index (χ2n) is 5.68. The van der Waals surface area contributed by atoms with E-state index in [2.05, 4.69) is 5.32 Å². The highest BCUT2D eigenvalue weighted by molar-refractivity contribution is 5.75. The highest BCUT2D eigenvalue weighted by atomic mass is 16.5. The van der Waals surface area contributed by atoms with Gasteiger partial charge < -0.3 is 14.8 Å². The number of methoxy groups -OCH3 is 1. The third-order valence-electron chi connectivity index (χ3n) is 4.31. The Hall–Kier alpha value is -0.610. The van der Waals surface area contributed by atoms with Crippen LogP contribution in [-0.2, 0) is 14.3 Å². The normalized spacial score (nSPS) is 28.2. The number of carbonyl (C=O) groups excluding carboxylic acids is 1. The van der Waals surface area contributed by atoms with Gasteiger partial charge in [0.15, 0.2) is 0 Å². The van der Waals surface area contributed by atoms with Crippen molar-refractivity contribution in [3.8, 4) is 0 Å². The Kier molecular flexibility index (Phi) is 4.62. The minimum atomic E-state index is -0.249. The van der Waals surface area contributed by atoms with Crippen molar-refractivity contribution >= 4 is 5.97 Å². The molecule has 2 rings (SSSR count). The zero-order valence-corrected chi connectivity index (χ0v) is 11.5. The van der Waals surface area contributed by atoms with Crippen molar-refractivity contribution in [2.75, 3.05) is 13.7 Å². The number of hydrogen-bond donors (Lipinski definition) is 1. The first-order valence-electron chi connectivity index (χ1n) is 7.14. The molecular formula is C14H25NO3. The van der Waals surface area contributed by atoms with Gasteiger partial charge in [0.1, 0.15) is 6.04 Å². The molecule has 2 unspecified atom stereocenters. The van der Waals surface area contributed by atoms with Crippen molar-refractivity contribution in [2.24, 2.45) is 0 Å². The molecule has 1 aliphatic heterocycles. The van der Waals surface area contributed by atoms with E-state index in [-0.39, 0.29) is 23.7 Å². The van der Waals surface area contributed by atoms with Gasteiger partial charge in [0.2, 0.25) is 0 Å². The van der Waals surface area contributed by atoms with E-state index in [1.807, 2.05) is 6.92 Å². The Bertz CT molecular complexity index is 287. The second-order valence-corrected chi connectivity index (χ2v) is 5.68. The molecule has 18 heavy (non-hydrogen) atoms. The predicted molar refractivity (Wildman–Crippen MR) is 69.4 cm³/mol. The van der Waals surface area contributed by atoms with Crippen LogP contribution in [-0.4, -0.2) is 37.4 Å². The molecule has 0 aromatic carbocycles. The molecule has 0 aromatic rings. The minimum absolute atomic E-state index is 0.166. The topological polar surface area (TPSA) is 47.6 Å². The first-order valence-corrected chi connectivity index (χ1v) is 7.14. The van der Waals surface area contributed by atoms with E-state index in [9.17, 15) is 4.79 Å². The average molecular weight is 255 g/mol. The average Bonchev–Trinajstić information content (AvgIpc) is 2.79. The number of nitrogens with one attached hydrogen (secondary N) is 1. The number of ether oxygens (including phenoxy) is 2. The van der Waals surface area contributed by atoms with Crippen molar-refractivity contribution in [2.45, 2.75) is 69.6 Å². The number of carbonyl (C=O) groups is 1. The predicted octanol–water partition coefficient (Wildman–Crippen LogP) is 2.02. The molecule has 4 heteroatoms. The van der Waals surface area contributed by atoms with Crippen molar-refractivity contribution in [1.82, 2.24) is 5.32 Å². The molecule has 1 N–H and O–H groups in total. The van der Waals surface area contributed by atoms with E-state index in [0.717, 1.165) is 13.0 Å². The molecule has 1 heterocycles. The van der Waals surface area contributed by atoms with Gasteiger partial charge in [-0.05, 0) is 32.6 Å². The van der Waals surface area contributed by atoms with Crippen LogP contribution in [0.5, 0.6) is 0 Å². The maximum Gasteiger partial charge on any atom is 0.322 e. The summed E-state index contributed by atoms with van der Waals surface area (Å²) in [6.45, 7) is 2.58. The van der Waals surface area contributed by atoms with Gasteiger partial charge in [-0.3, -0.25) is 4.79 Å². The SMILES string of the molecule is COC(=O)C(C)NCC1CCC2(CCCCC2)O1. The van der Waals surface area contributed by atoms with Crippen molar-refractivity contribution in [1.29, 1.82) is 0 Å². The van der Waals surface area contributed by atoms with Crippen molar-refractivity contribution in [3.05, 3.63) is 0 Å². The molecule has 4 nitrogen and oxygen atoms in total. The summed E-state index contributed by atoms with van der Waals surface area (Å²) >= 11 is 0. The summed E-state index contributed by atoms with van der Waals surface area (Å²) in [7, 11) is 1.42. The van der Waals surface area contributed by atoms with Crippen molar-refractivity contribution < 1.29 is 14.3 Å². The highest BCUT2D eigenvalue weighted by Gasteiger charge is 2.40. The molecule has 1 saturated carbocycles. The van der Waals surface area contributed by atoms with Crippen LogP contribution in [0.1, 0.15) is 51.9 Å². The van der Waals surface area contributed by atoms with E-state index in [1.54, 1.807) is 0 Å². The Labute approximate surface area is 109 Å². The van der Waals surface area contributed by atoms with Gasteiger partial charge in [-0.15, -0.1) is 0 Å².